The van der Waals surface area contributed by atoms with Gasteiger partial charge in [0.25, 0.3) is 0 Å². The highest BCUT2D eigenvalue weighted by Crippen LogP contribution is 2.24. The first kappa shape index (κ1) is 18.7. The van der Waals surface area contributed by atoms with Gasteiger partial charge in [-0.15, -0.1) is 0 Å². The molecular formula is C18H19ClN2O4. The Labute approximate surface area is 150 Å². The average molecular weight is 363 g/mol. The number of carbonyl (C=O) groups excluding carboxylic acids is 3. The monoisotopic (exact) mass is 362 g/mol. The van der Waals surface area contributed by atoms with Gasteiger partial charge in [0, 0.05) is 12.6 Å². The Morgan fingerprint density at radius 1 is 1.24 bits per heavy atom. The Kier molecular flexibility index (Phi) is 5.64. The summed E-state index contributed by atoms with van der Waals surface area (Å²) in [6.07, 6.45) is -0.122. The number of halogens is 1. The number of esters is 1. The fourth-order valence-electron chi connectivity index (χ4n) is 2.60. The lowest BCUT2D eigenvalue weighted by Crippen LogP contribution is -2.17. The van der Waals surface area contributed by atoms with E-state index in [2.05, 4.69) is 10.3 Å². The summed E-state index contributed by atoms with van der Waals surface area (Å²) in [4.78, 5) is 38.9. The van der Waals surface area contributed by atoms with Crippen LogP contribution >= 0.6 is 11.6 Å². The lowest BCUT2D eigenvalue weighted by molar-refractivity contribution is -0.115. The quantitative estimate of drug-likeness (QED) is 0.629. The maximum absolute atomic E-state index is 12.3. The first-order chi connectivity index (χ1) is 11.7. The Balaban J connectivity index is 2.29. The van der Waals surface area contributed by atoms with Crippen molar-refractivity contribution in [2.45, 2.75) is 27.2 Å². The van der Waals surface area contributed by atoms with E-state index < -0.39 is 5.97 Å². The number of methoxy groups -OCH3 is 1. The number of aromatic nitrogens is 1. The molecule has 1 heterocycles. The van der Waals surface area contributed by atoms with Crippen LogP contribution in [0, 0.1) is 13.8 Å². The number of hydrogen-bond donors (Lipinski definition) is 2. The van der Waals surface area contributed by atoms with Crippen LogP contribution in [0.4, 0.5) is 5.69 Å². The number of rotatable bonds is 5. The molecule has 2 aromatic rings. The summed E-state index contributed by atoms with van der Waals surface area (Å²) in [6, 6.07) is 5.27. The molecule has 2 rings (SSSR count). The molecule has 0 radical (unpaired) electrons. The molecule has 0 saturated heterocycles. The number of Topliss-reactive ketones (excluding diaryl/α,β-unsaturated/α-hetero) is 1. The third-order valence-corrected chi connectivity index (χ3v) is 4.12. The number of aromatic amines is 1. The van der Waals surface area contributed by atoms with E-state index in [0.717, 1.165) is 5.56 Å². The minimum absolute atomic E-state index is 0.122. The summed E-state index contributed by atoms with van der Waals surface area (Å²) in [5.41, 5.74) is 2.74. The van der Waals surface area contributed by atoms with Crippen molar-refractivity contribution in [2.75, 3.05) is 12.4 Å². The number of carbonyl (C=O) groups is 3. The van der Waals surface area contributed by atoms with Gasteiger partial charge in [-0.25, -0.2) is 4.79 Å². The Hall–Kier alpha value is -2.60. The predicted molar refractivity (Wildman–Crippen MR) is 95.4 cm³/mol. The SMILES string of the molecule is COC(=O)c1c(CC(=O)Nc2ccc(C)cc2Cl)[nH]c(C(C)=O)c1C. The highest BCUT2D eigenvalue weighted by molar-refractivity contribution is 6.33. The molecule has 6 nitrogen and oxygen atoms in total. The molecule has 2 N–H and O–H groups in total. The van der Waals surface area contributed by atoms with Crippen molar-refractivity contribution in [3.8, 4) is 0 Å². The van der Waals surface area contributed by atoms with Gasteiger partial charge < -0.3 is 15.0 Å². The van der Waals surface area contributed by atoms with Crippen LogP contribution in [0.1, 0.15) is 44.6 Å². The Morgan fingerprint density at radius 2 is 1.92 bits per heavy atom. The molecule has 1 aromatic heterocycles. The van der Waals surface area contributed by atoms with Crippen LogP contribution in [-0.2, 0) is 16.0 Å². The summed E-state index contributed by atoms with van der Waals surface area (Å²) in [6.45, 7) is 4.92. The molecule has 0 unspecified atom stereocenters. The standard InChI is InChI=1S/C18H19ClN2O4/c1-9-5-6-13(12(19)7-9)20-15(23)8-14-16(18(24)25-4)10(2)17(21-14)11(3)22/h5-7,21H,8H2,1-4H3,(H,20,23). The van der Waals surface area contributed by atoms with Crippen LogP contribution in [-0.4, -0.2) is 29.8 Å². The first-order valence-corrected chi connectivity index (χ1v) is 7.99. The number of hydrogen-bond acceptors (Lipinski definition) is 4. The first-order valence-electron chi connectivity index (χ1n) is 7.61. The van der Waals surface area contributed by atoms with Gasteiger partial charge in [-0.05, 0) is 37.1 Å². The molecule has 0 fully saturated rings. The summed E-state index contributed by atoms with van der Waals surface area (Å²) in [5, 5.41) is 3.12. The number of amides is 1. The van der Waals surface area contributed by atoms with Gasteiger partial charge in [0.15, 0.2) is 5.78 Å². The molecule has 0 spiro atoms. The molecule has 0 bridgehead atoms. The van der Waals surface area contributed by atoms with E-state index in [1.54, 1.807) is 19.1 Å². The Bertz CT molecular complexity index is 855. The maximum Gasteiger partial charge on any atom is 0.339 e. The molecular weight excluding hydrogens is 344 g/mol. The molecule has 132 valence electrons. The lowest BCUT2D eigenvalue weighted by atomic mass is 10.1. The average Bonchev–Trinajstić information content (AvgIpc) is 2.86. The largest absolute Gasteiger partial charge is 0.465 e. The van der Waals surface area contributed by atoms with Crippen LogP contribution in [0.15, 0.2) is 18.2 Å². The molecule has 0 aliphatic heterocycles. The van der Waals surface area contributed by atoms with Crippen molar-refractivity contribution >= 4 is 34.9 Å². The molecule has 1 amide bonds. The summed E-state index contributed by atoms with van der Waals surface area (Å²) in [5.74, 6) is -1.19. The second-order valence-electron chi connectivity index (χ2n) is 5.73. The minimum atomic E-state index is -0.600. The van der Waals surface area contributed by atoms with Gasteiger partial charge in [-0.1, -0.05) is 17.7 Å². The summed E-state index contributed by atoms with van der Waals surface area (Å²) < 4.78 is 4.76. The van der Waals surface area contributed by atoms with Gasteiger partial charge in [0.05, 0.1) is 35.5 Å². The van der Waals surface area contributed by atoms with E-state index in [9.17, 15) is 14.4 Å². The molecule has 25 heavy (non-hydrogen) atoms. The van der Waals surface area contributed by atoms with Crippen molar-refractivity contribution in [3.05, 3.63) is 51.3 Å². The van der Waals surface area contributed by atoms with Gasteiger partial charge in [-0.2, -0.15) is 0 Å². The summed E-state index contributed by atoms with van der Waals surface area (Å²) in [7, 11) is 1.25. The molecule has 1 aromatic carbocycles. The number of benzene rings is 1. The number of ketones is 1. The van der Waals surface area contributed by atoms with Gasteiger partial charge in [0.2, 0.25) is 5.91 Å². The third-order valence-electron chi connectivity index (χ3n) is 3.81. The molecule has 0 aliphatic carbocycles. The molecule has 0 saturated carbocycles. The predicted octanol–water partition coefficient (Wildman–Crippen LogP) is 3.46. The zero-order chi connectivity index (χ0) is 18.7. The topological polar surface area (TPSA) is 88.3 Å². The smallest absolute Gasteiger partial charge is 0.339 e. The number of aryl methyl sites for hydroxylation is 1. The van der Waals surface area contributed by atoms with Crippen LogP contribution < -0.4 is 5.32 Å². The highest BCUT2D eigenvalue weighted by Gasteiger charge is 2.24. The fourth-order valence-corrected chi connectivity index (χ4v) is 2.88. The van der Waals surface area contributed by atoms with Crippen molar-refractivity contribution in [1.82, 2.24) is 4.98 Å². The second kappa shape index (κ2) is 7.53. The fraction of sp³-hybridized carbons (Fsp3) is 0.278. The maximum atomic E-state index is 12.3. The van der Waals surface area contributed by atoms with E-state index in [4.69, 9.17) is 16.3 Å². The van der Waals surface area contributed by atoms with Crippen LogP contribution in [0.25, 0.3) is 0 Å². The minimum Gasteiger partial charge on any atom is -0.465 e. The van der Waals surface area contributed by atoms with E-state index >= 15 is 0 Å². The lowest BCUT2D eigenvalue weighted by Gasteiger charge is -2.08. The second-order valence-corrected chi connectivity index (χ2v) is 6.14. The Morgan fingerprint density at radius 3 is 2.48 bits per heavy atom. The number of nitrogens with one attached hydrogen (secondary N) is 2. The summed E-state index contributed by atoms with van der Waals surface area (Å²) >= 11 is 6.11. The number of H-pyrrole nitrogens is 1. The number of anilines is 1. The molecule has 0 aliphatic rings. The zero-order valence-corrected chi connectivity index (χ0v) is 15.2. The zero-order valence-electron chi connectivity index (χ0n) is 14.5. The van der Waals surface area contributed by atoms with E-state index in [1.165, 1.54) is 14.0 Å². The van der Waals surface area contributed by atoms with E-state index in [1.807, 2.05) is 13.0 Å². The number of ether oxygens (including phenoxy) is 1. The van der Waals surface area contributed by atoms with Crippen molar-refractivity contribution < 1.29 is 19.1 Å². The van der Waals surface area contributed by atoms with E-state index in [-0.39, 0.29) is 29.4 Å². The third kappa shape index (κ3) is 4.09. The van der Waals surface area contributed by atoms with Crippen molar-refractivity contribution in [1.29, 1.82) is 0 Å². The van der Waals surface area contributed by atoms with Gasteiger partial charge in [-0.3, -0.25) is 9.59 Å². The van der Waals surface area contributed by atoms with Crippen LogP contribution in [0.3, 0.4) is 0 Å². The van der Waals surface area contributed by atoms with Crippen LogP contribution in [0.5, 0.6) is 0 Å². The van der Waals surface area contributed by atoms with Gasteiger partial charge >= 0.3 is 5.97 Å². The molecule has 0 atom stereocenters. The van der Waals surface area contributed by atoms with Crippen molar-refractivity contribution in [3.63, 3.8) is 0 Å². The molecule has 7 heteroatoms. The van der Waals surface area contributed by atoms with E-state index in [0.29, 0.717) is 22.0 Å². The van der Waals surface area contributed by atoms with Gasteiger partial charge in [0.1, 0.15) is 0 Å². The normalized spacial score (nSPS) is 10.4. The van der Waals surface area contributed by atoms with Crippen LogP contribution in [0.2, 0.25) is 5.02 Å². The van der Waals surface area contributed by atoms with Crippen molar-refractivity contribution in [2.24, 2.45) is 0 Å². The highest BCUT2D eigenvalue weighted by atomic mass is 35.5.